The van der Waals surface area contributed by atoms with Gasteiger partial charge in [-0.25, -0.2) is 0 Å². The summed E-state index contributed by atoms with van der Waals surface area (Å²) in [5.41, 5.74) is 4.44. The summed E-state index contributed by atoms with van der Waals surface area (Å²) in [5, 5.41) is 37.4. The summed E-state index contributed by atoms with van der Waals surface area (Å²) in [5.74, 6) is 3.31. The van der Waals surface area contributed by atoms with Gasteiger partial charge in [-0.2, -0.15) is 0 Å². The van der Waals surface area contributed by atoms with E-state index in [1.165, 1.54) is 30.9 Å². The average Bonchev–Trinajstić information content (AvgIpc) is 3.76. The Hall–Kier alpha value is -2.75. The summed E-state index contributed by atoms with van der Waals surface area (Å²) in [6.45, 7) is 5.84. The van der Waals surface area contributed by atoms with Crippen LogP contribution in [0.2, 0.25) is 0 Å². The van der Waals surface area contributed by atoms with Crippen LogP contribution in [0.5, 0.6) is 11.5 Å². The molecule has 0 aromatic heterocycles. The second kappa shape index (κ2) is 14.6. The number of rotatable bonds is 16. The van der Waals surface area contributed by atoms with Crippen molar-refractivity contribution in [3.05, 3.63) is 71.4 Å². The SMILES string of the molecule is CCCCC1[OH+][C-](CCc2ccc(O)c(OCC(NC)C3=C[C+]4C(=N3)C3C=CC5(CCCC5C3)C4CNCC(C)O)c2)C=C1CO. The Morgan fingerprint density at radius 2 is 2.17 bits per heavy atom. The zero-order valence-corrected chi connectivity index (χ0v) is 27.8. The fraction of sp³-hybridized carbons (Fsp3) is 0.605. The third-order valence-electron chi connectivity index (χ3n) is 11.0. The lowest BCUT2D eigenvalue weighted by molar-refractivity contribution is -0.0550. The highest BCUT2D eigenvalue weighted by molar-refractivity contribution is 6.06. The van der Waals surface area contributed by atoms with Crippen LogP contribution in [0.4, 0.5) is 0 Å². The fourth-order valence-corrected chi connectivity index (χ4v) is 8.55. The Kier molecular flexibility index (Phi) is 10.5. The highest BCUT2D eigenvalue weighted by atomic mass is 16.5. The van der Waals surface area contributed by atoms with Crippen LogP contribution in [0.1, 0.15) is 70.8 Å². The normalized spacial score (nSPS) is 29.3. The molecule has 7 unspecified atom stereocenters. The van der Waals surface area contributed by atoms with Crippen molar-refractivity contribution in [2.24, 2.45) is 28.2 Å². The highest BCUT2D eigenvalue weighted by Crippen LogP contribution is 2.61. The molecule has 6 N–H and O–H groups in total. The summed E-state index contributed by atoms with van der Waals surface area (Å²) in [6, 6.07) is 5.46. The Labute approximate surface area is 275 Å². The number of aromatic hydroxyl groups is 1. The van der Waals surface area contributed by atoms with E-state index in [1.54, 1.807) is 6.07 Å². The number of aliphatic imine (C=N–C) groups is 1. The second-order valence-corrected chi connectivity index (χ2v) is 14.1. The first-order valence-corrected chi connectivity index (χ1v) is 17.6. The number of phenolic OH excluding ortho intramolecular Hbond substituents is 1. The lowest BCUT2D eigenvalue weighted by atomic mass is 9.63. The third-order valence-corrected chi connectivity index (χ3v) is 11.0. The number of aliphatic hydroxyl groups excluding tert-OH is 2. The number of ether oxygens (including phenoxy) is 2. The van der Waals surface area contributed by atoms with E-state index in [-0.39, 0.29) is 36.0 Å². The maximum atomic E-state index is 10.7. The van der Waals surface area contributed by atoms with Crippen LogP contribution in [0.3, 0.4) is 0 Å². The number of aliphatic hydroxyl groups is 4. The maximum Gasteiger partial charge on any atom is 0.196 e. The monoisotopic (exact) mass is 632 g/mol. The number of phenols is 1. The van der Waals surface area contributed by atoms with Crippen molar-refractivity contribution in [1.29, 1.82) is 0 Å². The molecule has 7 atom stereocenters. The molecule has 2 saturated carbocycles. The predicted molar refractivity (Wildman–Crippen MR) is 183 cm³/mol. The molecular weight excluding hydrogens is 578 g/mol. The number of allylic oxidation sites excluding steroid dienone is 3. The summed E-state index contributed by atoms with van der Waals surface area (Å²) >= 11 is 0. The van der Waals surface area contributed by atoms with Crippen LogP contribution in [0, 0.1) is 35.2 Å². The number of hydrogen-bond acceptors (Lipinski definition) is 7. The van der Waals surface area contributed by atoms with Crippen molar-refractivity contribution in [2.75, 3.05) is 33.4 Å². The topological polar surface area (TPSA) is 119 Å². The molecule has 6 aliphatic rings. The summed E-state index contributed by atoms with van der Waals surface area (Å²) in [4.78, 5) is 5.27. The minimum absolute atomic E-state index is 0.0612. The number of hydrogen-bond donors (Lipinski definition) is 5. The van der Waals surface area contributed by atoms with Crippen LogP contribution < -0.4 is 15.4 Å². The lowest BCUT2D eigenvalue weighted by Crippen LogP contribution is -2.42. The van der Waals surface area contributed by atoms with Gasteiger partial charge in [0.15, 0.2) is 28.9 Å². The lowest BCUT2D eigenvalue weighted by Gasteiger charge is -2.39. The molecule has 2 bridgehead atoms. The molecule has 7 rings (SSSR count). The number of benzene rings is 1. The number of likely N-dealkylation sites (N-methyl/N-ethyl adjacent to an activating group) is 1. The van der Waals surface area contributed by atoms with Crippen LogP contribution >= 0.6 is 0 Å². The molecule has 8 heteroatoms. The predicted octanol–water partition coefficient (Wildman–Crippen LogP) is 4.72. The van der Waals surface area contributed by atoms with E-state index in [1.807, 2.05) is 26.1 Å². The first kappa shape index (κ1) is 33.2. The molecular formula is C38H54N3O5+. The van der Waals surface area contributed by atoms with Crippen molar-refractivity contribution in [3.63, 3.8) is 0 Å². The van der Waals surface area contributed by atoms with E-state index in [0.717, 1.165) is 68.0 Å². The smallest absolute Gasteiger partial charge is 0.196 e. The maximum absolute atomic E-state index is 10.7. The summed E-state index contributed by atoms with van der Waals surface area (Å²) in [7, 11) is 1.94. The van der Waals surface area contributed by atoms with Crippen LogP contribution in [0.25, 0.3) is 0 Å². The molecule has 250 valence electrons. The Morgan fingerprint density at radius 3 is 2.96 bits per heavy atom. The Bertz CT molecular complexity index is 1340. The second-order valence-electron chi connectivity index (χ2n) is 14.1. The van der Waals surface area contributed by atoms with Crippen molar-refractivity contribution in [1.82, 2.24) is 10.6 Å². The molecule has 4 aliphatic carbocycles. The molecule has 0 radical (unpaired) electrons. The molecule has 0 saturated heterocycles. The van der Waals surface area contributed by atoms with E-state index in [9.17, 15) is 15.3 Å². The fourth-order valence-electron chi connectivity index (χ4n) is 8.55. The minimum atomic E-state index is -0.376. The summed E-state index contributed by atoms with van der Waals surface area (Å²) in [6.07, 6.45) is 19.8. The van der Waals surface area contributed by atoms with E-state index < -0.39 is 0 Å². The van der Waals surface area contributed by atoms with E-state index in [2.05, 4.69) is 41.9 Å². The zero-order valence-electron chi connectivity index (χ0n) is 27.8. The van der Waals surface area contributed by atoms with Crippen LogP contribution in [-0.4, -0.2) is 77.4 Å². The number of unbranched alkanes of at least 4 members (excludes halogenated alkanes) is 1. The molecule has 1 spiro atoms. The Morgan fingerprint density at radius 1 is 1.30 bits per heavy atom. The van der Waals surface area contributed by atoms with Gasteiger partial charge in [-0.3, -0.25) is 5.32 Å². The van der Waals surface area contributed by atoms with Gasteiger partial charge < -0.3 is 30.1 Å². The highest BCUT2D eigenvalue weighted by Gasteiger charge is 2.60. The van der Waals surface area contributed by atoms with Gasteiger partial charge in [0.05, 0.1) is 18.1 Å². The molecule has 2 fully saturated rings. The molecule has 8 nitrogen and oxygen atoms in total. The molecule has 2 aliphatic heterocycles. The summed E-state index contributed by atoms with van der Waals surface area (Å²) < 4.78 is 11.2. The zero-order chi connectivity index (χ0) is 32.3. The van der Waals surface area contributed by atoms with Gasteiger partial charge in [-0.05, 0) is 76.1 Å². The van der Waals surface area contributed by atoms with Crippen molar-refractivity contribution in [3.8, 4) is 11.5 Å². The van der Waals surface area contributed by atoms with Gasteiger partial charge >= 0.3 is 0 Å². The van der Waals surface area contributed by atoms with Crippen molar-refractivity contribution < 1.29 is 24.8 Å². The minimum Gasteiger partial charge on any atom is -0.504 e. The van der Waals surface area contributed by atoms with Gasteiger partial charge in [0.25, 0.3) is 0 Å². The molecule has 2 heterocycles. The average molecular weight is 633 g/mol. The first-order valence-electron chi connectivity index (χ1n) is 17.6. The van der Waals surface area contributed by atoms with Crippen LogP contribution in [-0.2, 0) is 6.42 Å². The van der Waals surface area contributed by atoms with Gasteiger partial charge in [-0.15, -0.1) is 16.6 Å². The van der Waals surface area contributed by atoms with Gasteiger partial charge in [0.2, 0.25) is 0 Å². The van der Waals surface area contributed by atoms with E-state index in [0.29, 0.717) is 36.7 Å². The molecule has 1 aromatic rings. The molecule has 1 aromatic carbocycles. The molecule has 0 amide bonds. The van der Waals surface area contributed by atoms with E-state index in [4.69, 9.17) is 14.5 Å². The largest absolute Gasteiger partial charge is 0.504 e. The number of nitrogens with one attached hydrogen (secondary N) is 2. The Balaban J connectivity index is 1.12. The van der Waals surface area contributed by atoms with Gasteiger partial charge in [0, 0.05) is 37.5 Å². The quantitative estimate of drug-likeness (QED) is 0.102. The molecule has 46 heavy (non-hydrogen) atoms. The third kappa shape index (κ3) is 6.78. The van der Waals surface area contributed by atoms with Crippen molar-refractivity contribution in [2.45, 2.75) is 89.9 Å². The standard InChI is InChI=1S/C38H53N3O5/c1-4-5-8-35-27(22-42)18-29(46-35)11-9-25-10-12-34(44)36(16-25)45-23-33(39-3)32-19-30-31(21-40-20-24(2)43)38-14-6-7-28(38)17-26(13-15-38)37(30)41-32/h10,12-13,15-16,18-19,24,26,28,31,33,35,39-40,42-43,46H,4-9,11,14,17,20-23H2,1-3H3/p+1. The first-order chi connectivity index (χ1) is 22.3. The van der Waals surface area contributed by atoms with Crippen LogP contribution in [0.15, 0.2) is 58.8 Å². The van der Waals surface area contributed by atoms with Gasteiger partial charge in [-0.1, -0.05) is 38.0 Å². The van der Waals surface area contributed by atoms with E-state index >= 15 is 0 Å². The van der Waals surface area contributed by atoms with Gasteiger partial charge in [0.1, 0.15) is 24.7 Å². The number of nitrogens with zero attached hydrogens (tertiary/aromatic N) is 1. The number of aryl methyl sites for hydroxylation is 1. The van der Waals surface area contributed by atoms with Crippen molar-refractivity contribution >= 4 is 5.71 Å².